The van der Waals surface area contributed by atoms with E-state index in [9.17, 15) is 4.79 Å². The Labute approximate surface area is 117 Å². The number of hydrogen-bond donors (Lipinski definition) is 1. The molecule has 1 unspecified atom stereocenters. The Hall–Kier alpha value is -0.770. The van der Waals surface area contributed by atoms with E-state index in [1.807, 2.05) is 25.7 Å². The lowest BCUT2D eigenvalue weighted by Crippen LogP contribution is -2.47. The molecule has 1 heterocycles. The summed E-state index contributed by atoms with van der Waals surface area (Å²) >= 11 is 0. The van der Waals surface area contributed by atoms with Gasteiger partial charge in [-0.1, -0.05) is 20.8 Å². The molecule has 4 nitrogen and oxygen atoms in total. The Balaban J connectivity index is 2.76. The van der Waals surface area contributed by atoms with E-state index >= 15 is 0 Å². The van der Waals surface area contributed by atoms with Crippen LogP contribution in [-0.4, -0.2) is 42.3 Å². The SMILES string of the molecule is CC(C)(C)CC1CNCCCN1C(=O)OC(C)(C)C. The maximum absolute atomic E-state index is 12.3. The lowest BCUT2D eigenvalue weighted by Gasteiger charge is -2.35. The molecule has 0 saturated carbocycles. The molecular weight excluding hydrogens is 240 g/mol. The molecule has 1 aliphatic rings. The normalized spacial score (nSPS) is 22.0. The quantitative estimate of drug-likeness (QED) is 0.796. The van der Waals surface area contributed by atoms with E-state index in [2.05, 4.69) is 26.1 Å². The van der Waals surface area contributed by atoms with Gasteiger partial charge in [0.15, 0.2) is 0 Å². The number of hydrogen-bond acceptors (Lipinski definition) is 3. The molecule has 0 aromatic carbocycles. The molecule has 112 valence electrons. The molecule has 0 aromatic rings. The van der Waals surface area contributed by atoms with Crippen molar-refractivity contribution in [2.24, 2.45) is 5.41 Å². The lowest BCUT2D eigenvalue weighted by atomic mass is 9.87. The second-order valence-corrected chi connectivity index (χ2v) is 7.65. The Morgan fingerprint density at radius 1 is 1.26 bits per heavy atom. The van der Waals surface area contributed by atoms with E-state index in [1.165, 1.54) is 0 Å². The van der Waals surface area contributed by atoms with Gasteiger partial charge in [-0.3, -0.25) is 0 Å². The van der Waals surface area contributed by atoms with Gasteiger partial charge in [0.25, 0.3) is 0 Å². The Kier molecular flexibility index (Phi) is 5.25. The van der Waals surface area contributed by atoms with E-state index in [1.54, 1.807) is 0 Å². The van der Waals surface area contributed by atoms with Gasteiger partial charge in [-0.2, -0.15) is 0 Å². The van der Waals surface area contributed by atoms with Gasteiger partial charge in [0.1, 0.15) is 5.60 Å². The van der Waals surface area contributed by atoms with E-state index in [-0.39, 0.29) is 17.6 Å². The Morgan fingerprint density at radius 2 is 1.89 bits per heavy atom. The third-order valence-electron chi connectivity index (χ3n) is 3.05. The summed E-state index contributed by atoms with van der Waals surface area (Å²) in [5.74, 6) is 0. The van der Waals surface area contributed by atoms with Crippen LogP contribution in [0.25, 0.3) is 0 Å². The molecule has 0 aromatic heterocycles. The summed E-state index contributed by atoms with van der Waals surface area (Å²) in [7, 11) is 0. The molecule has 1 rings (SSSR count). The van der Waals surface area contributed by atoms with Crippen LogP contribution < -0.4 is 5.32 Å². The molecule has 4 heteroatoms. The molecule has 1 N–H and O–H groups in total. The zero-order chi connectivity index (χ0) is 14.7. The second kappa shape index (κ2) is 6.12. The van der Waals surface area contributed by atoms with E-state index in [0.29, 0.717) is 0 Å². The Bertz CT molecular complexity index is 302. The summed E-state index contributed by atoms with van der Waals surface area (Å²) in [6.45, 7) is 15.0. The summed E-state index contributed by atoms with van der Waals surface area (Å²) in [5.41, 5.74) is -0.222. The summed E-state index contributed by atoms with van der Waals surface area (Å²) < 4.78 is 5.54. The summed E-state index contributed by atoms with van der Waals surface area (Å²) in [6.07, 6.45) is 1.80. The van der Waals surface area contributed by atoms with Crippen LogP contribution in [0, 0.1) is 5.41 Å². The third kappa shape index (κ3) is 6.28. The number of nitrogens with zero attached hydrogens (tertiary/aromatic N) is 1. The van der Waals surface area contributed by atoms with Crippen LogP contribution in [0.1, 0.15) is 54.4 Å². The van der Waals surface area contributed by atoms with Crippen LogP contribution >= 0.6 is 0 Å². The average molecular weight is 270 g/mol. The number of rotatable bonds is 1. The first-order chi connectivity index (χ1) is 8.58. The molecule has 1 aliphatic heterocycles. The molecule has 0 bridgehead atoms. The van der Waals surface area contributed by atoms with Crippen molar-refractivity contribution >= 4 is 6.09 Å². The van der Waals surface area contributed by atoms with Crippen molar-refractivity contribution in [3.05, 3.63) is 0 Å². The fourth-order valence-corrected chi connectivity index (χ4v) is 2.39. The number of carbonyl (C=O) groups is 1. The van der Waals surface area contributed by atoms with Crippen molar-refractivity contribution in [3.8, 4) is 0 Å². The highest BCUT2D eigenvalue weighted by Crippen LogP contribution is 2.25. The van der Waals surface area contributed by atoms with Gasteiger partial charge in [-0.15, -0.1) is 0 Å². The van der Waals surface area contributed by atoms with Gasteiger partial charge >= 0.3 is 6.09 Å². The highest BCUT2D eigenvalue weighted by atomic mass is 16.6. The molecule has 1 amide bonds. The molecule has 0 radical (unpaired) electrons. The molecule has 1 atom stereocenters. The van der Waals surface area contributed by atoms with Gasteiger partial charge in [0.05, 0.1) is 0 Å². The first-order valence-corrected chi connectivity index (χ1v) is 7.29. The van der Waals surface area contributed by atoms with Crippen molar-refractivity contribution in [1.82, 2.24) is 10.2 Å². The van der Waals surface area contributed by atoms with Gasteiger partial charge < -0.3 is 15.0 Å². The molecule has 1 fully saturated rings. The van der Waals surface area contributed by atoms with Crippen molar-refractivity contribution < 1.29 is 9.53 Å². The van der Waals surface area contributed by atoms with Crippen LogP contribution in [0.2, 0.25) is 0 Å². The third-order valence-corrected chi connectivity index (χ3v) is 3.05. The van der Waals surface area contributed by atoms with Crippen LogP contribution in [0.4, 0.5) is 4.79 Å². The standard InChI is InChI=1S/C15H30N2O2/c1-14(2,3)10-12-11-16-8-7-9-17(12)13(18)19-15(4,5)6/h12,16H,7-11H2,1-6H3. The van der Waals surface area contributed by atoms with Gasteiger partial charge in [0, 0.05) is 19.1 Å². The number of ether oxygens (including phenoxy) is 1. The number of amides is 1. The lowest BCUT2D eigenvalue weighted by molar-refractivity contribution is 0.0140. The van der Waals surface area contributed by atoms with Crippen molar-refractivity contribution in [2.45, 2.75) is 66.0 Å². The molecular formula is C15H30N2O2. The van der Waals surface area contributed by atoms with Gasteiger partial charge in [-0.05, 0) is 45.6 Å². The number of nitrogens with one attached hydrogen (secondary N) is 1. The minimum atomic E-state index is -0.427. The second-order valence-electron chi connectivity index (χ2n) is 7.65. The maximum Gasteiger partial charge on any atom is 0.410 e. The van der Waals surface area contributed by atoms with Gasteiger partial charge in [-0.25, -0.2) is 4.79 Å². The van der Waals surface area contributed by atoms with Gasteiger partial charge in [0.2, 0.25) is 0 Å². The molecule has 0 spiro atoms. The Morgan fingerprint density at radius 3 is 2.42 bits per heavy atom. The number of carbonyl (C=O) groups excluding carboxylic acids is 1. The molecule has 19 heavy (non-hydrogen) atoms. The van der Waals surface area contributed by atoms with Crippen LogP contribution in [-0.2, 0) is 4.74 Å². The monoisotopic (exact) mass is 270 g/mol. The zero-order valence-corrected chi connectivity index (χ0v) is 13.4. The minimum Gasteiger partial charge on any atom is -0.444 e. The van der Waals surface area contributed by atoms with Crippen molar-refractivity contribution in [1.29, 1.82) is 0 Å². The van der Waals surface area contributed by atoms with Crippen LogP contribution in [0.15, 0.2) is 0 Å². The first kappa shape index (κ1) is 16.3. The minimum absolute atomic E-state index is 0.176. The largest absolute Gasteiger partial charge is 0.444 e. The molecule has 0 aliphatic carbocycles. The molecule has 1 saturated heterocycles. The van der Waals surface area contributed by atoms with E-state index in [0.717, 1.165) is 32.5 Å². The fourth-order valence-electron chi connectivity index (χ4n) is 2.39. The van der Waals surface area contributed by atoms with Crippen molar-refractivity contribution in [2.75, 3.05) is 19.6 Å². The van der Waals surface area contributed by atoms with Crippen molar-refractivity contribution in [3.63, 3.8) is 0 Å². The topological polar surface area (TPSA) is 41.6 Å². The van der Waals surface area contributed by atoms with Crippen LogP contribution in [0.5, 0.6) is 0 Å². The van der Waals surface area contributed by atoms with E-state index < -0.39 is 5.60 Å². The van der Waals surface area contributed by atoms with Crippen LogP contribution in [0.3, 0.4) is 0 Å². The summed E-state index contributed by atoms with van der Waals surface area (Å²) in [4.78, 5) is 14.3. The fraction of sp³-hybridized carbons (Fsp3) is 0.933. The maximum atomic E-state index is 12.3. The highest BCUT2D eigenvalue weighted by molar-refractivity contribution is 5.68. The first-order valence-electron chi connectivity index (χ1n) is 7.29. The zero-order valence-electron chi connectivity index (χ0n) is 13.4. The summed E-state index contributed by atoms with van der Waals surface area (Å²) in [5, 5.41) is 3.42. The predicted octanol–water partition coefficient (Wildman–Crippen LogP) is 3.02. The average Bonchev–Trinajstić information content (AvgIpc) is 2.37. The predicted molar refractivity (Wildman–Crippen MR) is 78.3 cm³/mol. The summed E-state index contributed by atoms with van der Waals surface area (Å²) in [6, 6.07) is 0.220. The van der Waals surface area contributed by atoms with E-state index in [4.69, 9.17) is 4.74 Å². The smallest absolute Gasteiger partial charge is 0.410 e. The highest BCUT2D eigenvalue weighted by Gasteiger charge is 2.31.